The first kappa shape index (κ1) is 25.8. The van der Waals surface area contributed by atoms with E-state index in [0.29, 0.717) is 5.56 Å². The topological polar surface area (TPSA) is 108 Å². The van der Waals surface area contributed by atoms with Crippen LogP contribution >= 0.6 is 11.8 Å². The molecular formula is C22H29F3N2O5S. The lowest BCUT2D eigenvalue weighted by molar-refractivity contribution is -0.145. The fraction of sp³-hybridized carbons (Fsp3) is 0.591. The van der Waals surface area contributed by atoms with Gasteiger partial charge >= 0.3 is 6.18 Å². The molecule has 7 nitrogen and oxygen atoms in total. The lowest BCUT2D eigenvalue weighted by atomic mass is 10.0. The molecule has 2 aromatic rings. The monoisotopic (exact) mass is 490 g/mol. The molecule has 11 heteroatoms. The van der Waals surface area contributed by atoms with Crippen LogP contribution in [0.25, 0.3) is 0 Å². The summed E-state index contributed by atoms with van der Waals surface area (Å²) in [5.74, 6) is -0.313. The average Bonchev–Trinajstić information content (AvgIpc) is 3.13. The third kappa shape index (κ3) is 5.48. The van der Waals surface area contributed by atoms with E-state index in [1.54, 1.807) is 26.0 Å². The van der Waals surface area contributed by atoms with Gasteiger partial charge in [0, 0.05) is 12.5 Å². The first-order chi connectivity index (χ1) is 15.5. The fourth-order valence-electron chi connectivity index (χ4n) is 3.75. The molecule has 0 amide bonds. The molecule has 1 aromatic carbocycles. The molecule has 1 aliphatic rings. The van der Waals surface area contributed by atoms with Crippen molar-refractivity contribution in [2.24, 2.45) is 0 Å². The van der Waals surface area contributed by atoms with Crippen LogP contribution in [0.2, 0.25) is 0 Å². The van der Waals surface area contributed by atoms with Crippen LogP contribution < -0.4 is 4.74 Å². The number of benzene rings is 1. The van der Waals surface area contributed by atoms with Crippen LogP contribution in [0, 0.1) is 0 Å². The number of nitrogens with zero attached hydrogens (tertiary/aromatic N) is 2. The average molecular weight is 491 g/mol. The summed E-state index contributed by atoms with van der Waals surface area (Å²) in [6.45, 7) is 4.60. The number of aliphatic hydroxyl groups excluding tert-OH is 4. The van der Waals surface area contributed by atoms with Crippen molar-refractivity contribution < 1.29 is 38.3 Å². The predicted octanol–water partition coefficient (Wildman–Crippen LogP) is 2.53. The Bertz CT molecular complexity index is 933. The van der Waals surface area contributed by atoms with Crippen molar-refractivity contribution in [3.05, 3.63) is 46.6 Å². The van der Waals surface area contributed by atoms with Crippen LogP contribution in [0.15, 0.2) is 24.3 Å². The van der Waals surface area contributed by atoms with E-state index in [2.05, 4.69) is 5.10 Å². The van der Waals surface area contributed by atoms with Gasteiger partial charge in [0.15, 0.2) is 5.44 Å². The van der Waals surface area contributed by atoms with Crippen molar-refractivity contribution in [3.8, 4) is 5.88 Å². The van der Waals surface area contributed by atoms with E-state index in [-0.39, 0.29) is 17.9 Å². The Labute approximate surface area is 194 Å². The predicted molar refractivity (Wildman–Crippen MR) is 117 cm³/mol. The highest BCUT2D eigenvalue weighted by molar-refractivity contribution is 8.00. The van der Waals surface area contributed by atoms with Crippen LogP contribution in [-0.2, 0) is 19.0 Å². The van der Waals surface area contributed by atoms with Gasteiger partial charge in [-0.15, -0.1) is 16.9 Å². The number of aryl methyl sites for hydroxylation is 1. The minimum atomic E-state index is -4.71. The molecule has 184 valence electrons. The number of alkyl halides is 3. The molecule has 1 aliphatic heterocycles. The molecule has 0 unspecified atom stereocenters. The van der Waals surface area contributed by atoms with E-state index >= 15 is 0 Å². The molecule has 5 atom stereocenters. The Morgan fingerprint density at radius 2 is 1.67 bits per heavy atom. The highest BCUT2D eigenvalue weighted by Crippen LogP contribution is 2.41. The Morgan fingerprint density at radius 1 is 1.06 bits per heavy atom. The quantitative estimate of drug-likeness (QED) is 0.473. The van der Waals surface area contributed by atoms with E-state index in [1.807, 2.05) is 19.1 Å². The zero-order chi connectivity index (χ0) is 24.5. The molecule has 33 heavy (non-hydrogen) atoms. The summed E-state index contributed by atoms with van der Waals surface area (Å²) in [6, 6.07) is 6.57. The molecule has 0 aliphatic carbocycles. The molecule has 1 aromatic heterocycles. The summed E-state index contributed by atoms with van der Waals surface area (Å²) in [6.07, 6.45) is -8.66. The number of hydrogen-bond donors (Lipinski definition) is 4. The molecule has 1 fully saturated rings. The number of halogens is 3. The SMILES string of the molecule is CCc1ccc(Cc2c(O[C@@H]3S[C@H](CO)[C@@H](O)[C@H](O)[C@H]3O)nn(C(C)C)c2C(F)(F)F)cc1. The first-order valence-corrected chi connectivity index (χ1v) is 11.7. The van der Waals surface area contributed by atoms with Gasteiger partial charge in [0.05, 0.1) is 23.5 Å². The van der Waals surface area contributed by atoms with Gasteiger partial charge in [-0.2, -0.15) is 13.2 Å². The second kappa shape index (κ2) is 10.2. The van der Waals surface area contributed by atoms with Crippen molar-refractivity contribution in [2.75, 3.05) is 6.61 Å². The highest BCUT2D eigenvalue weighted by Gasteiger charge is 2.46. The van der Waals surface area contributed by atoms with Crippen LogP contribution in [0.4, 0.5) is 13.2 Å². The first-order valence-electron chi connectivity index (χ1n) is 10.7. The lowest BCUT2D eigenvalue weighted by Gasteiger charge is -2.38. The highest BCUT2D eigenvalue weighted by atomic mass is 32.2. The Kier molecular flexibility index (Phi) is 8.00. The maximum Gasteiger partial charge on any atom is 0.433 e. The molecule has 0 saturated carbocycles. The summed E-state index contributed by atoms with van der Waals surface area (Å²) in [4.78, 5) is 0. The summed E-state index contributed by atoms with van der Waals surface area (Å²) in [5, 5.41) is 43.1. The summed E-state index contributed by atoms with van der Waals surface area (Å²) >= 11 is 0.834. The molecule has 1 saturated heterocycles. The van der Waals surface area contributed by atoms with E-state index < -0.39 is 53.5 Å². The van der Waals surface area contributed by atoms with Crippen LogP contribution in [0.1, 0.15) is 49.2 Å². The van der Waals surface area contributed by atoms with E-state index in [4.69, 9.17) is 4.74 Å². The van der Waals surface area contributed by atoms with Crippen molar-refractivity contribution in [3.63, 3.8) is 0 Å². The summed E-state index contributed by atoms with van der Waals surface area (Å²) < 4.78 is 48.9. The minimum Gasteiger partial charge on any atom is -0.459 e. The maximum absolute atomic E-state index is 14.1. The Morgan fingerprint density at radius 3 is 2.18 bits per heavy atom. The summed E-state index contributed by atoms with van der Waals surface area (Å²) in [7, 11) is 0. The molecule has 0 spiro atoms. The van der Waals surface area contributed by atoms with Gasteiger partial charge in [-0.05, 0) is 31.4 Å². The van der Waals surface area contributed by atoms with Crippen LogP contribution in [-0.4, -0.2) is 65.8 Å². The Hall–Kier alpha value is -1.79. The van der Waals surface area contributed by atoms with Gasteiger partial charge in [0.1, 0.15) is 17.9 Å². The van der Waals surface area contributed by atoms with Gasteiger partial charge in [-0.1, -0.05) is 31.2 Å². The molecule has 0 bridgehead atoms. The normalized spacial score (nSPS) is 26.1. The number of hydrogen-bond acceptors (Lipinski definition) is 7. The third-order valence-electron chi connectivity index (χ3n) is 5.62. The largest absolute Gasteiger partial charge is 0.459 e. The maximum atomic E-state index is 14.1. The number of aromatic nitrogens is 2. The number of thioether (sulfide) groups is 1. The van der Waals surface area contributed by atoms with Crippen molar-refractivity contribution in [2.45, 2.75) is 74.8 Å². The molecule has 3 rings (SSSR count). The lowest BCUT2D eigenvalue weighted by Crippen LogP contribution is -2.55. The van der Waals surface area contributed by atoms with Gasteiger partial charge in [0.2, 0.25) is 5.88 Å². The molecular weight excluding hydrogens is 461 g/mol. The number of rotatable bonds is 7. The van der Waals surface area contributed by atoms with Gasteiger partial charge in [0.25, 0.3) is 0 Å². The van der Waals surface area contributed by atoms with E-state index in [1.165, 1.54) is 0 Å². The van der Waals surface area contributed by atoms with Crippen LogP contribution in [0.3, 0.4) is 0 Å². The van der Waals surface area contributed by atoms with Gasteiger partial charge in [-0.25, -0.2) is 0 Å². The second-order valence-corrected chi connectivity index (χ2v) is 9.67. The fourth-order valence-corrected chi connectivity index (χ4v) is 4.97. The molecule has 2 heterocycles. The smallest absolute Gasteiger partial charge is 0.433 e. The Balaban J connectivity index is 2.04. The van der Waals surface area contributed by atoms with Crippen molar-refractivity contribution in [1.29, 1.82) is 0 Å². The van der Waals surface area contributed by atoms with Crippen molar-refractivity contribution >= 4 is 11.8 Å². The van der Waals surface area contributed by atoms with Crippen molar-refractivity contribution in [1.82, 2.24) is 9.78 Å². The zero-order valence-electron chi connectivity index (χ0n) is 18.5. The molecule has 0 radical (unpaired) electrons. The van der Waals surface area contributed by atoms with Gasteiger partial charge < -0.3 is 25.2 Å². The number of ether oxygens (including phenoxy) is 1. The second-order valence-electron chi connectivity index (χ2n) is 8.33. The van der Waals surface area contributed by atoms with E-state index in [9.17, 15) is 33.6 Å². The van der Waals surface area contributed by atoms with Gasteiger partial charge in [-0.3, -0.25) is 4.68 Å². The van der Waals surface area contributed by atoms with E-state index in [0.717, 1.165) is 28.4 Å². The standard InChI is InChI=1S/C22H29F3N2O5S/c1-4-12-5-7-13(8-6-12)9-14-19(22(23,24)25)27(11(2)3)26-20(14)32-21-18(31)17(30)16(29)15(10-28)33-21/h5-8,11,15-18,21,28-31H,4,9-10H2,1-3H3/t15-,16-,17+,18-,21-/m1/s1. The third-order valence-corrected chi connectivity index (χ3v) is 7.04. The summed E-state index contributed by atoms with van der Waals surface area (Å²) in [5.41, 5.74) is -0.686. The van der Waals surface area contributed by atoms with Crippen LogP contribution in [0.5, 0.6) is 5.88 Å². The minimum absolute atomic E-state index is 0.108. The number of aliphatic hydroxyl groups is 4. The zero-order valence-corrected chi connectivity index (χ0v) is 19.3. The molecule has 4 N–H and O–H groups in total.